The third-order valence-electron chi connectivity index (χ3n) is 2.83. The Kier molecular flexibility index (Phi) is 4.63. The van der Waals surface area contributed by atoms with E-state index in [1.54, 1.807) is 24.3 Å². The number of nitrogens with two attached hydrogens (primary N) is 1. The topological polar surface area (TPSA) is 81.4 Å². The second kappa shape index (κ2) is 6.62. The summed E-state index contributed by atoms with van der Waals surface area (Å²) in [6.07, 6.45) is 0.694. The van der Waals surface area contributed by atoms with Crippen LogP contribution in [0.3, 0.4) is 0 Å². The van der Waals surface area contributed by atoms with Gasteiger partial charge in [0.25, 0.3) is 5.91 Å². The van der Waals surface area contributed by atoms with Crippen LogP contribution >= 0.6 is 0 Å². The summed E-state index contributed by atoms with van der Waals surface area (Å²) in [6.45, 7) is -0.0696. The van der Waals surface area contributed by atoms with E-state index in [0.717, 1.165) is 0 Å². The summed E-state index contributed by atoms with van der Waals surface area (Å²) in [6, 6.07) is 10.4. The number of amides is 1. The number of nitrogens with one attached hydrogen (secondary N) is 1. The first-order valence-electron chi connectivity index (χ1n) is 6.11. The van der Waals surface area contributed by atoms with Gasteiger partial charge in [0.05, 0.1) is 0 Å². The minimum absolute atomic E-state index is 0.0696. The van der Waals surface area contributed by atoms with Gasteiger partial charge in [0.2, 0.25) is 0 Å². The lowest BCUT2D eigenvalue weighted by Gasteiger charge is -2.09. The van der Waals surface area contributed by atoms with Crippen LogP contribution in [0.25, 0.3) is 0 Å². The van der Waals surface area contributed by atoms with Gasteiger partial charge >= 0.3 is 0 Å². The SMILES string of the molecule is NNC(=O)c1ccc(F)c(COc2cccc(C=O)c2)c1. The fraction of sp³-hybridized carbons (Fsp3) is 0.0667. The number of rotatable bonds is 5. The Morgan fingerprint density at radius 1 is 1.29 bits per heavy atom. The lowest BCUT2D eigenvalue weighted by atomic mass is 10.1. The molecule has 0 fully saturated rings. The van der Waals surface area contributed by atoms with Crippen LogP contribution in [0.1, 0.15) is 26.3 Å². The standard InChI is InChI=1S/C15H13FN2O3/c16-14-5-4-11(15(20)18-17)7-12(14)9-21-13-3-1-2-10(6-13)8-19/h1-8H,9,17H2,(H,18,20). The maximum absolute atomic E-state index is 13.7. The summed E-state index contributed by atoms with van der Waals surface area (Å²) in [5, 5.41) is 0. The molecule has 21 heavy (non-hydrogen) atoms. The maximum Gasteiger partial charge on any atom is 0.265 e. The quantitative estimate of drug-likeness (QED) is 0.380. The molecular formula is C15H13FN2O3. The molecular weight excluding hydrogens is 275 g/mol. The minimum Gasteiger partial charge on any atom is -0.489 e. The van der Waals surface area contributed by atoms with E-state index in [-0.39, 0.29) is 17.7 Å². The van der Waals surface area contributed by atoms with E-state index >= 15 is 0 Å². The lowest BCUT2D eigenvalue weighted by molar-refractivity contribution is 0.0953. The van der Waals surface area contributed by atoms with Gasteiger partial charge in [-0.2, -0.15) is 0 Å². The van der Waals surface area contributed by atoms with Crippen molar-refractivity contribution in [2.45, 2.75) is 6.61 Å². The monoisotopic (exact) mass is 288 g/mol. The van der Waals surface area contributed by atoms with Crippen LogP contribution in [0, 0.1) is 5.82 Å². The third-order valence-corrected chi connectivity index (χ3v) is 2.83. The molecule has 6 heteroatoms. The number of nitrogen functional groups attached to an aromatic ring is 1. The predicted octanol–water partition coefficient (Wildman–Crippen LogP) is 1.82. The van der Waals surface area contributed by atoms with Crippen molar-refractivity contribution in [1.82, 2.24) is 5.43 Å². The van der Waals surface area contributed by atoms with Crippen molar-refractivity contribution in [2.24, 2.45) is 5.84 Å². The van der Waals surface area contributed by atoms with E-state index in [0.29, 0.717) is 17.6 Å². The normalized spacial score (nSPS) is 10.0. The van der Waals surface area contributed by atoms with Crippen LogP contribution in [0.4, 0.5) is 4.39 Å². The molecule has 0 bridgehead atoms. The zero-order valence-electron chi connectivity index (χ0n) is 11.0. The fourth-order valence-electron chi connectivity index (χ4n) is 1.75. The van der Waals surface area contributed by atoms with Crippen LogP contribution in [0.5, 0.6) is 5.75 Å². The van der Waals surface area contributed by atoms with Crippen LogP contribution in [0.15, 0.2) is 42.5 Å². The molecule has 0 aromatic heterocycles. The summed E-state index contributed by atoms with van der Waals surface area (Å²) in [5.41, 5.74) is 2.89. The Balaban J connectivity index is 2.15. The lowest BCUT2D eigenvalue weighted by Crippen LogP contribution is -2.30. The molecule has 0 aliphatic rings. The van der Waals surface area contributed by atoms with Crippen LogP contribution in [-0.4, -0.2) is 12.2 Å². The molecule has 2 aromatic carbocycles. The number of hydrogen-bond donors (Lipinski definition) is 2. The molecule has 0 spiro atoms. The maximum atomic E-state index is 13.7. The third kappa shape index (κ3) is 3.64. The molecule has 2 aromatic rings. The van der Waals surface area contributed by atoms with Crippen molar-refractivity contribution in [3.63, 3.8) is 0 Å². The zero-order valence-corrected chi connectivity index (χ0v) is 11.0. The number of hydrazine groups is 1. The Morgan fingerprint density at radius 3 is 2.81 bits per heavy atom. The van der Waals surface area contributed by atoms with Gasteiger partial charge in [0.15, 0.2) is 0 Å². The van der Waals surface area contributed by atoms with Gasteiger partial charge in [-0.25, -0.2) is 10.2 Å². The van der Waals surface area contributed by atoms with Gasteiger partial charge in [-0.3, -0.25) is 15.0 Å². The minimum atomic E-state index is -0.515. The molecule has 0 heterocycles. The molecule has 0 aliphatic heterocycles. The van der Waals surface area contributed by atoms with Crippen molar-refractivity contribution in [1.29, 1.82) is 0 Å². The van der Waals surface area contributed by atoms with Gasteiger partial charge < -0.3 is 4.74 Å². The molecule has 5 nitrogen and oxygen atoms in total. The molecule has 0 unspecified atom stereocenters. The van der Waals surface area contributed by atoms with E-state index in [1.165, 1.54) is 18.2 Å². The molecule has 0 saturated carbocycles. The number of carbonyl (C=O) groups is 2. The highest BCUT2D eigenvalue weighted by Gasteiger charge is 2.09. The highest BCUT2D eigenvalue weighted by molar-refractivity contribution is 5.93. The van der Waals surface area contributed by atoms with Crippen molar-refractivity contribution < 1.29 is 18.7 Å². The van der Waals surface area contributed by atoms with E-state index < -0.39 is 11.7 Å². The average molecular weight is 288 g/mol. The molecule has 108 valence electrons. The Bertz CT molecular complexity index is 674. The van der Waals surface area contributed by atoms with Crippen molar-refractivity contribution in [3.8, 4) is 5.75 Å². The van der Waals surface area contributed by atoms with Gasteiger partial charge in [0.1, 0.15) is 24.5 Å². The molecule has 0 atom stereocenters. The summed E-state index contributed by atoms with van der Waals surface area (Å²) in [7, 11) is 0. The van der Waals surface area contributed by atoms with E-state index in [9.17, 15) is 14.0 Å². The highest BCUT2D eigenvalue weighted by Crippen LogP contribution is 2.17. The fourth-order valence-corrected chi connectivity index (χ4v) is 1.75. The number of aldehydes is 1. The summed E-state index contributed by atoms with van der Waals surface area (Å²) in [4.78, 5) is 22.1. The van der Waals surface area contributed by atoms with Gasteiger partial charge in [0, 0.05) is 16.7 Å². The van der Waals surface area contributed by atoms with Crippen molar-refractivity contribution >= 4 is 12.2 Å². The number of ether oxygens (including phenoxy) is 1. The van der Waals surface area contributed by atoms with E-state index in [1.807, 2.05) is 5.43 Å². The largest absolute Gasteiger partial charge is 0.489 e. The molecule has 0 saturated heterocycles. The molecule has 0 aliphatic carbocycles. The molecule has 3 N–H and O–H groups in total. The average Bonchev–Trinajstić information content (AvgIpc) is 2.53. The van der Waals surface area contributed by atoms with Crippen LogP contribution < -0.4 is 16.0 Å². The Labute approximate surface area is 120 Å². The van der Waals surface area contributed by atoms with Crippen molar-refractivity contribution in [3.05, 3.63) is 65.0 Å². The van der Waals surface area contributed by atoms with Gasteiger partial charge in [-0.05, 0) is 30.3 Å². The first-order valence-corrected chi connectivity index (χ1v) is 6.11. The first kappa shape index (κ1) is 14.7. The second-order valence-corrected chi connectivity index (χ2v) is 4.26. The second-order valence-electron chi connectivity index (χ2n) is 4.26. The zero-order chi connectivity index (χ0) is 15.2. The first-order chi connectivity index (χ1) is 10.1. The number of halogens is 1. The molecule has 1 amide bonds. The number of hydrogen-bond acceptors (Lipinski definition) is 4. The molecule has 2 rings (SSSR count). The Morgan fingerprint density at radius 2 is 2.10 bits per heavy atom. The van der Waals surface area contributed by atoms with Crippen LogP contribution in [0.2, 0.25) is 0 Å². The Hall–Kier alpha value is -2.73. The van der Waals surface area contributed by atoms with Crippen molar-refractivity contribution in [2.75, 3.05) is 0 Å². The van der Waals surface area contributed by atoms with E-state index in [2.05, 4.69) is 0 Å². The van der Waals surface area contributed by atoms with E-state index in [4.69, 9.17) is 10.6 Å². The van der Waals surface area contributed by atoms with Gasteiger partial charge in [-0.15, -0.1) is 0 Å². The number of carbonyl (C=O) groups excluding carboxylic acids is 2. The summed E-state index contributed by atoms with van der Waals surface area (Å²) < 4.78 is 19.1. The van der Waals surface area contributed by atoms with Crippen LogP contribution in [-0.2, 0) is 6.61 Å². The predicted molar refractivity (Wildman–Crippen MR) is 74.2 cm³/mol. The van der Waals surface area contributed by atoms with Gasteiger partial charge in [-0.1, -0.05) is 12.1 Å². The smallest absolute Gasteiger partial charge is 0.265 e. The highest BCUT2D eigenvalue weighted by atomic mass is 19.1. The number of benzene rings is 2. The summed E-state index contributed by atoms with van der Waals surface area (Å²) in [5.74, 6) is 4.46. The molecule has 0 radical (unpaired) electrons. The summed E-state index contributed by atoms with van der Waals surface area (Å²) >= 11 is 0.